The van der Waals surface area contributed by atoms with Crippen LogP contribution >= 0.6 is 11.8 Å². The molecule has 1 fully saturated rings. The summed E-state index contributed by atoms with van der Waals surface area (Å²) in [4.78, 5) is 29.7. The fourth-order valence-electron chi connectivity index (χ4n) is 3.77. The molecule has 0 spiro atoms. The third-order valence-electron chi connectivity index (χ3n) is 8.43. The zero-order valence-corrected chi connectivity index (χ0v) is 28.5. The van der Waals surface area contributed by atoms with E-state index in [0.29, 0.717) is 5.56 Å². The first kappa shape index (κ1) is 33.4. The van der Waals surface area contributed by atoms with Gasteiger partial charge in [0.1, 0.15) is 11.2 Å². The number of aromatic nitrogens is 2. The molecule has 0 unspecified atom stereocenters. The molecule has 12 heteroatoms. The maximum Gasteiger partial charge on any atom is 0.350 e. The van der Waals surface area contributed by atoms with Crippen LogP contribution in [0, 0.1) is 0 Å². The van der Waals surface area contributed by atoms with Crippen molar-refractivity contribution in [2.24, 2.45) is 0 Å². The molecule has 1 saturated heterocycles. The Kier molecular flexibility index (Phi) is 9.96. The van der Waals surface area contributed by atoms with Gasteiger partial charge in [-0.25, -0.2) is 4.79 Å². The number of anilines is 1. The smallest absolute Gasteiger partial charge is 0.350 e. The van der Waals surface area contributed by atoms with Gasteiger partial charge in [0.15, 0.2) is 16.6 Å². The van der Waals surface area contributed by atoms with Gasteiger partial charge in [-0.2, -0.15) is 13.8 Å². The predicted octanol–water partition coefficient (Wildman–Crippen LogP) is 7.67. The van der Waals surface area contributed by atoms with E-state index in [1.54, 1.807) is 30.3 Å². The van der Waals surface area contributed by atoms with E-state index in [1.165, 1.54) is 28.6 Å². The monoisotopic (exact) mass is 623 g/mol. The van der Waals surface area contributed by atoms with Crippen molar-refractivity contribution in [1.29, 1.82) is 0 Å². The molecule has 0 radical (unpaired) electrons. The molecule has 3 rings (SSSR count). The number of amides is 1. The van der Waals surface area contributed by atoms with Crippen LogP contribution in [0.4, 0.5) is 14.6 Å². The summed E-state index contributed by atoms with van der Waals surface area (Å²) in [6.07, 6.45) is -1.39. The quantitative estimate of drug-likeness (QED) is 0.304. The molecule has 1 aromatic carbocycles. The second-order valence-corrected chi connectivity index (χ2v) is 24.3. The first-order valence-electron chi connectivity index (χ1n) is 13.7. The third-order valence-corrected chi connectivity index (χ3v) is 18.9. The van der Waals surface area contributed by atoms with Crippen LogP contribution in [0.1, 0.15) is 57.3 Å². The van der Waals surface area contributed by atoms with Crippen molar-refractivity contribution < 1.29 is 22.4 Å². The van der Waals surface area contributed by atoms with Gasteiger partial charge in [-0.05, 0) is 54.5 Å². The zero-order valence-electron chi connectivity index (χ0n) is 25.7. The second-order valence-electron chi connectivity index (χ2n) is 13.4. The summed E-state index contributed by atoms with van der Waals surface area (Å²) in [5.74, 6) is -0.382. The molecule has 1 aliphatic rings. The number of rotatable bonds is 8. The van der Waals surface area contributed by atoms with Gasteiger partial charge in [0, 0.05) is 18.4 Å². The number of carbonyl (C=O) groups excluding carboxylic acids is 1. The Bertz CT molecular complexity index is 1330. The molecule has 1 aliphatic heterocycles. The first-order chi connectivity index (χ1) is 18.7. The van der Waals surface area contributed by atoms with Gasteiger partial charge in [0.05, 0.1) is 16.9 Å². The Morgan fingerprint density at radius 2 is 1.59 bits per heavy atom. The number of nitrogens with one attached hydrogen (secondary N) is 1. The van der Waals surface area contributed by atoms with Crippen LogP contribution in [0.15, 0.2) is 59.0 Å². The van der Waals surface area contributed by atoms with Crippen LogP contribution in [0.2, 0.25) is 36.3 Å². The maximum atomic E-state index is 14.8. The van der Waals surface area contributed by atoms with Gasteiger partial charge >= 0.3 is 5.69 Å². The van der Waals surface area contributed by atoms with E-state index in [0.717, 1.165) is 0 Å². The maximum absolute atomic E-state index is 14.8. The van der Waals surface area contributed by atoms with Crippen LogP contribution in [-0.2, 0) is 8.85 Å². The lowest BCUT2D eigenvalue weighted by Crippen LogP contribution is -2.48. The second kappa shape index (κ2) is 12.2. The van der Waals surface area contributed by atoms with Crippen molar-refractivity contribution in [3.8, 4) is 0 Å². The number of halogens is 2. The lowest BCUT2D eigenvalue weighted by atomic mass is 10.1. The minimum absolute atomic E-state index is 0.0428. The van der Waals surface area contributed by atoms with Crippen LogP contribution in [0.3, 0.4) is 0 Å². The molecule has 2 aromatic rings. The van der Waals surface area contributed by atoms with Gasteiger partial charge < -0.3 is 14.2 Å². The molecule has 7 nitrogen and oxygen atoms in total. The highest BCUT2D eigenvalue weighted by Gasteiger charge is 2.50. The van der Waals surface area contributed by atoms with Crippen molar-refractivity contribution in [3.63, 3.8) is 0 Å². The van der Waals surface area contributed by atoms with E-state index >= 15 is 0 Å². The topological polar surface area (TPSA) is 82.5 Å². The highest BCUT2D eigenvalue weighted by Crippen LogP contribution is 2.51. The van der Waals surface area contributed by atoms with Gasteiger partial charge in [-0.1, -0.05) is 59.7 Å². The molecule has 3 atom stereocenters. The summed E-state index contributed by atoms with van der Waals surface area (Å²) in [5, 5.41) is 0.849. The van der Waals surface area contributed by atoms with E-state index in [-0.39, 0.29) is 28.1 Å². The summed E-state index contributed by atoms with van der Waals surface area (Å²) >= 11 is 1.23. The van der Waals surface area contributed by atoms with E-state index in [2.05, 4.69) is 64.9 Å². The molecule has 1 aromatic heterocycles. The summed E-state index contributed by atoms with van der Waals surface area (Å²) in [6, 6.07) is 9.97. The van der Waals surface area contributed by atoms with Crippen LogP contribution in [-0.4, -0.2) is 50.1 Å². The lowest BCUT2D eigenvalue weighted by Gasteiger charge is -2.41. The summed E-state index contributed by atoms with van der Waals surface area (Å²) < 4.78 is 43.9. The van der Waals surface area contributed by atoms with E-state index < -0.39 is 51.0 Å². The number of hydrogen-bond acceptors (Lipinski definition) is 6. The van der Waals surface area contributed by atoms with Crippen LogP contribution in [0.5, 0.6) is 0 Å². The fourth-order valence-corrected chi connectivity index (χ4v) is 7.79. The molecule has 226 valence electrons. The van der Waals surface area contributed by atoms with Crippen molar-refractivity contribution in [2.75, 3.05) is 11.9 Å². The number of carbonyl (C=O) groups is 1. The predicted molar refractivity (Wildman–Crippen MR) is 168 cm³/mol. The summed E-state index contributed by atoms with van der Waals surface area (Å²) in [5.41, 5.74) is -0.567. The van der Waals surface area contributed by atoms with Crippen LogP contribution < -0.4 is 11.0 Å². The number of benzene rings is 1. The molecular weight excluding hydrogens is 581 g/mol. The summed E-state index contributed by atoms with van der Waals surface area (Å²) in [6.45, 7) is 21.1. The Morgan fingerprint density at radius 3 is 2.10 bits per heavy atom. The molecule has 41 heavy (non-hydrogen) atoms. The fraction of sp³-hybridized carbons (Fsp3) is 0.552. The van der Waals surface area contributed by atoms with E-state index in [9.17, 15) is 18.4 Å². The molecular formula is C29H43F2N3O4SSi2. The van der Waals surface area contributed by atoms with Gasteiger partial charge in [0.25, 0.3) is 12.0 Å². The van der Waals surface area contributed by atoms with Crippen LogP contribution in [0.25, 0.3) is 0 Å². The Balaban J connectivity index is 1.97. The average molecular weight is 624 g/mol. The number of hydrogen-bond donors (Lipinski definition) is 1. The Hall–Kier alpha value is -2.13. The highest BCUT2D eigenvalue weighted by atomic mass is 32.2. The van der Waals surface area contributed by atoms with Gasteiger partial charge in [-0.15, -0.1) is 11.8 Å². The van der Waals surface area contributed by atoms with Crippen molar-refractivity contribution in [2.45, 2.75) is 94.5 Å². The molecule has 1 N–H and O–H groups in total. The lowest BCUT2D eigenvalue weighted by molar-refractivity contribution is 0.102. The summed E-state index contributed by atoms with van der Waals surface area (Å²) in [7, 11) is -4.68. The molecule has 0 aliphatic carbocycles. The van der Waals surface area contributed by atoms with Crippen molar-refractivity contribution >= 4 is 40.1 Å². The van der Waals surface area contributed by atoms with E-state index in [4.69, 9.17) is 8.85 Å². The number of nitrogens with zero attached hydrogens (tertiary/aromatic N) is 2. The van der Waals surface area contributed by atoms with Crippen molar-refractivity contribution in [1.82, 2.24) is 9.55 Å². The molecule has 1 amide bonds. The minimum Gasteiger partial charge on any atom is -0.416 e. The highest BCUT2D eigenvalue weighted by molar-refractivity contribution is 8.00. The first-order valence-corrected chi connectivity index (χ1v) is 20.5. The average Bonchev–Trinajstić information content (AvgIpc) is 3.19. The minimum atomic E-state index is -2.49. The van der Waals surface area contributed by atoms with Crippen molar-refractivity contribution in [3.05, 3.63) is 70.3 Å². The Labute approximate surface area is 248 Å². The van der Waals surface area contributed by atoms with Gasteiger partial charge in [0.2, 0.25) is 0 Å². The number of thioether (sulfide) groups is 1. The molecule has 0 bridgehead atoms. The third kappa shape index (κ3) is 7.64. The largest absolute Gasteiger partial charge is 0.416 e. The SMILES string of the molecule is CC(C)(C)[Si](C)(C)OC[C@H]1S[C@@H](n2ccc(NC(=O)c3ccccc3)nc2=O)C(=C(F)F)[C@@H]1O[Si](C)(C)C(C)(C)C. The Morgan fingerprint density at radius 1 is 1.00 bits per heavy atom. The van der Waals surface area contributed by atoms with Gasteiger partial charge in [-0.3, -0.25) is 9.36 Å². The molecule has 2 heterocycles. The standard InChI is InChI=1S/C29H43F2N3O4SSi2/c1-28(2,3)40(7,8)37-18-20-23(38-41(9,10)29(4,5)6)22(24(30)31)26(39-20)34-17-16-21(33-27(34)36)32-25(35)19-14-12-11-13-15-19/h11-17,20,23,26H,18H2,1-10H3,(H,32,33,35,36)/t20-,23-,26-/m1/s1. The zero-order chi connectivity index (χ0) is 31.0. The van der Waals surface area contributed by atoms with E-state index in [1.807, 2.05) is 13.1 Å². The molecule has 0 saturated carbocycles. The normalized spacial score (nSPS) is 20.3.